The maximum atomic E-state index is 14.1. The normalized spacial score (nSPS) is 11.9. The van der Waals surface area contributed by atoms with Crippen LogP contribution >= 0.6 is 11.3 Å². The summed E-state index contributed by atoms with van der Waals surface area (Å²) in [7, 11) is -4.51. The van der Waals surface area contributed by atoms with Crippen molar-refractivity contribution >= 4 is 38.3 Å². The van der Waals surface area contributed by atoms with Crippen LogP contribution in [0.5, 0.6) is 0 Å². The molecule has 7 nitrogen and oxygen atoms in total. The Morgan fingerprint density at radius 2 is 1.94 bits per heavy atom. The summed E-state index contributed by atoms with van der Waals surface area (Å²) in [5.74, 6) is -2.70. The van der Waals surface area contributed by atoms with Gasteiger partial charge in [0.1, 0.15) is 16.5 Å². The van der Waals surface area contributed by atoms with Gasteiger partial charge in [0.15, 0.2) is 11.0 Å². The van der Waals surface area contributed by atoms with Crippen molar-refractivity contribution in [1.29, 1.82) is 0 Å². The van der Waals surface area contributed by atoms with Gasteiger partial charge in [-0.1, -0.05) is 30.3 Å². The fourth-order valence-electron chi connectivity index (χ4n) is 2.50. The van der Waals surface area contributed by atoms with Crippen LogP contribution in [0, 0.1) is 11.6 Å². The molecule has 1 heterocycles. The predicted molar refractivity (Wildman–Crippen MR) is 113 cm³/mol. The summed E-state index contributed by atoms with van der Waals surface area (Å²) in [6, 6.07) is 10.4. The van der Waals surface area contributed by atoms with Gasteiger partial charge in [-0.15, -0.1) is 15.7 Å². The van der Waals surface area contributed by atoms with Crippen LogP contribution in [0.4, 0.5) is 13.9 Å². The molecule has 162 valence electrons. The van der Waals surface area contributed by atoms with Gasteiger partial charge in [-0.3, -0.25) is 4.79 Å². The SMILES string of the molecule is CCOC(=O)Cc1csc(N/C(=N/S(=O)(=O)c2ccc(F)cc2F)c2ccccc2)n1. The Labute approximate surface area is 181 Å². The third-order valence-corrected chi connectivity index (χ3v) is 5.95. The Hall–Kier alpha value is -3.18. The summed E-state index contributed by atoms with van der Waals surface area (Å²) in [5.41, 5.74) is 0.835. The summed E-state index contributed by atoms with van der Waals surface area (Å²) >= 11 is 1.13. The van der Waals surface area contributed by atoms with Gasteiger partial charge in [-0.2, -0.15) is 8.42 Å². The summed E-state index contributed by atoms with van der Waals surface area (Å²) in [5, 5.41) is 4.70. The molecular weight excluding hydrogens is 448 g/mol. The first kappa shape index (κ1) is 22.5. The highest BCUT2D eigenvalue weighted by molar-refractivity contribution is 7.90. The highest BCUT2D eigenvalue weighted by Crippen LogP contribution is 2.21. The van der Waals surface area contributed by atoms with E-state index in [9.17, 15) is 22.0 Å². The molecule has 0 atom stereocenters. The first-order valence-corrected chi connectivity index (χ1v) is 11.3. The number of nitrogens with zero attached hydrogens (tertiary/aromatic N) is 2. The average Bonchev–Trinajstić information content (AvgIpc) is 3.14. The first-order valence-electron chi connectivity index (χ1n) is 9.01. The zero-order chi connectivity index (χ0) is 22.4. The van der Waals surface area contributed by atoms with Crippen LogP contribution in [0.25, 0.3) is 0 Å². The van der Waals surface area contributed by atoms with E-state index in [0.717, 1.165) is 23.5 Å². The van der Waals surface area contributed by atoms with E-state index in [4.69, 9.17) is 4.74 Å². The molecule has 0 aliphatic rings. The van der Waals surface area contributed by atoms with E-state index in [1.54, 1.807) is 42.6 Å². The number of nitrogens with one attached hydrogen (secondary N) is 1. The van der Waals surface area contributed by atoms with Crippen molar-refractivity contribution < 1.29 is 26.7 Å². The molecule has 3 rings (SSSR count). The number of thiazole rings is 1. The smallest absolute Gasteiger partial charge is 0.311 e. The molecule has 1 aromatic heterocycles. The van der Waals surface area contributed by atoms with Crippen molar-refractivity contribution in [1.82, 2.24) is 4.98 Å². The Morgan fingerprint density at radius 3 is 2.61 bits per heavy atom. The first-order chi connectivity index (χ1) is 14.8. The highest BCUT2D eigenvalue weighted by atomic mass is 32.2. The topological polar surface area (TPSA) is 97.7 Å². The number of hydrogen-bond donors (Lipinski definition) is 1. The number of aromatic nitrogens is 1. The van der Waals surface area contributed by atoms with Gasteiger partial charge >= 0.3 is 5.97 Å². The Kier molecular flexibility index (Phi) is 7.08. The molecule has 0 fully saturated rings. The van der Waals surface area contributed by atoms with Crippen molar-refractivity contribution in [3.05, 3.63) is 76.8 Å². The molecule has 11 heteroatoms. The van der Waals surface area contributed by atoms with E-state index in [0.29, 0.717) is 17.3 Å². The molecule has 0 aliphatic heterocycles. The zero-order valence-electron chi connectivity index (χ0n) is 16.2. The van der Waals surface area contributed by atoms with E-state index in [2.05, 4.69) is 14.7 Å². The van der Waals surface area contributed by atoms with Gasteiger partial charge in [0, 0.05) is 17.0 Å². The molecule has 2 aromatic carbocycles. The molecular formula is C20H17F2N3O4S2. The van der Waals surface area contributed by atoms with Crippen molar-refractivity contribution in [3.8, 4) is 0 Å². The van der Waals surface area contributed by atoms with Crippen molar-refractivity contribution in [2.45, 2.75) is 18.2 Å². The fraction of sp³-hybridized carbons (Fsp3) is 0.150. The molecule has 0 unspecified atom stereocenters. The van der Waals surface area contributed by atoms with E-state index < -0.39 is 32.5 Å². The predicted octanol–water partition coefficient (Wildman–Crippen LogP) is 3.77. The second kappa shape index (κ2) is 9.75. The second-order valence-electron chi connectivity index (χ2n) is 6.11. The quantitative estimate of drug-likeness (QED) is 0.324. The van der Waals surface area contributed by atoms with Crippen LogP contribution in [0.1, 0.15) is 18.2 Å². The molecule has 0 spiro atoms. The standard InChI is InChI=1S/C20H17F2N3O4S2/c1-2-29-18(26)11-15-12-30-20(23-15)24-19(13-6-4-3-5-7-13)25-31(27,28)17-9-8-14(21)10-16(17)22/h3-10,12H,2,11H2,1H3,(H,23,24,25). The minimum absolute atomic E-state index is 0.0388. The number of benzene rings is 2. The molecule has 0 radical (unpaired) electrons. The number of esters is 1. The molecule has 0 amide bonds. The second-order valence-corrected chi connectivity index (χ2v) is 8.54. The lowest BCUT2D eigenvalue weighted by molar-refractivity contribution is -0.142. The van der Waals surface area contributed by atoms with Gasteiger partial charge < -0.3 is 10.1 Å². The number of halogens is 2. The zero-order valence-corrected chi connectivity index (χ0v) is 17.8. The average molecular weight is 466 g/mol. The maximum absolute atomic E-state index is 14.1. The number of amidine groups is 1. The summed E-state index contributed by atoms with van der Waals surface area (Å²) < 4.78 is 61.2. The van der Waals surface area contributed by atoms with Gasteiger partial charge in [0.2, 0.25) is 0 Å². The lowest BCUT2D eigenvalue weighted by Gasteiger charge is -2.09. The Morgan fingerprint density at radius 1 is 1.19 bits per heavy atom. The molecule has 31 heavy (non-hydrogen) atoms. The maximum Gasteiger partial charge on any atom is 0.311 e. The third kappa shape index (κ3) is 5.92. The minimum Gasteiger partial charge on any atom is -0.466 e. The molecule has 3 aromatic rings. The number of carbonyl (C=O) groups is 1. The largest absolute Gasteiger partial charge is 0.466 e. The van der Waals surface area contributed by atoms with Crippen LogP contribution < -0.4 is 5.32 Å². The van der Waals surface area contributed by atoms with Crippen LogP contribution in [0.15, 0.2) is 63.2 Å². The number of hydrogen-bond acceptors (Lipinski definition) is 6. The van der Waals surface area contributed by atoms with Crippen LogP contribution in [0.2, 0.25) is 0 Å². The third-order valence-electron chi connectivity index (χ3n) is 3.84. The van der Waals surface area contributed by atoms with Gasteiger partial charge in [-0.05, 0) is 19.1 Å². The summed E-state index contributed by atoms with van der Waals surface area (Å²) in [6.07, 6.45) is -0.0388. The fourth-order valence-corrected chi connectivity index (χ4v) is 4.25. The van der Waals surface area contributed by atoms with Gasteiger partial charge in [0.25, 0.3) is 10.0 Å². The lowest BCUT2D eigenvalue weighted by atomic mass is 10.2. The van der Waals surface area contributed by atoms with Crippen LogP contribution in [0.3, 0.4) is 0 Å². The minimum atomic E-state index is -4.51. The number of anilines is 1. The number of carbonyl (C=O) groups excluding carboxylic acids is 1. The van der Waals surface area contributed by atoms with Crippen molar-refractivity contribution in [3.63, 3.8) is 0 Å². The summed E-state index contributed by atoms with van der Waals surface area (Å²) in [4.78, 5) is 15.1. The molecule has 0 saturated carbocycles. The van der Waals surface area contributed by atoms with E-state index in [1.165, 1.54) is 0 Å². The van der Waals surface area contributed by atoms with E-state index in [-0.39, 0.29) is 24.0 Å². The van der Waals surface area contributed by atoms with E-state index >= 15 is 0 Å². The molecule has 1 N–H and O–H groups in total. The highest BCUT2D eigenvalue weighted by Gasteiger charge is 2.21. The molecule has 0 saturated heterocycles. The number of ether oxygens (including phenoxy) is 1. The van der Waals surface area contributed by atoms with Gasteiger partial charge in [0.05, 0.1) is 18.7 Å². The lowest BCUT2D eigenvalue weighted by Crippen LogP contribution is -2.17. The van der Waals surface area contributed by atoms with Crippen LogP contribution in [-0.2, 0) is 26.0 Å². The van der Waals surface area contributed by atoms with Crippen LogP contribution in [-0.4, -0.2) is 31.8 Å². The van der Waals surface area contributed by atoms with Gasteiger partial charge in [-0.25, -0.2) is 13.8 Å². The Bertz CT molecular complexity index is 1210. The molecule has 0 aliphatic carbocycles. The number of rotatable bonds is 7. The monoisotopic (exact) mass is 465 g/mol. The van der Waals surface area contributed by atoms with Crippen molar-refractivity contribution in [2.24, 2.45) is 4.40 Å². The Balaban J connectivity index is 1.95. The number of sulfonamides is 1. The van der Waals surface area contributed by atoms with E-state index in [1.807, 2.05) is 0 Å². The van der Waals surface area contributed by atoms with Crippen molar-refractivity contribution in [2.75, 3.05) is 11.9 Å². The molecule has 0 bridgehead atoms. The summed E-state index contributed by atoms with van der Waals surface area (Å²) in [6.45, 7) is 1.94.